The first-order valence-electron chi connectivity index (χ1n) is 12.1. The summed E-state index contributed by atoms with van der Waals surface area (Å²) in [6.45, 7) is 1.75. The Balaban J connectivity index is 1.29. The highest BCUT2D eigenvalue weighted by molar-refractivity contribution is 6.22. The number of imide groups is 1. The summed E-state index contributed by atoms with van der Waals surface area (Å²) in [5, 5.41) is 3.00. The molecule has 6 nitrogen and oxygen atoms in total. The Morgan fingerprint density at radius 1 is 0.917 bits per heavy atom. The summed E-state index contributed by atoms with van der Waals surface area (Å²) in [6, 6.07) is 20.7. The summed E-state index contributed by atoms with van der Waals surface area (Å²) in [5.74, 6) is -1.35. The SMILES string of the molecule is O=C(NCC1(c2ccc(F)cc2)CCOCC1)c1ccc2c(c1)C(=O)N(CCc1ccccc1)C2=O. The third-order valence-electron chi connectivity index (χ3n) is 7.19. The molecule has 0 unspecified atom stereocenters. The molecular formula is C29H27FN2O4. The number of fused-ring (bicyclic) bond motifs is 1. The van der Waals surface area contributed by atoms with Crippen molar-refractivity contribution in [1.82, 2.24) is 10.2 Å². The number of carbonyl (C=O) groups is 3. The summed E-state index contributed by atoms with van der Waals surface area (Å²) in [5.41, 5.74) is 2.52. The third kappa shape index (κ3) is 4.66. The second-order valence-electron chi connectivity index (χ2n) is 9.34. The number of carbonyl (C=O) groups excluding carboxylic acids is 3. The quantitative estimate of drug-likeness (QED) is 0.510. The van der Waals surface area contributed by atoms with E-state index in [-0.39, 0.29) is 41.1 Å². The molecule has 2 aliphatic rings. The molecule has 1 N–H and O–H groups in total. The van der Waals surface area contributed by atoms with Crippen molar-refractivity contribution in [1.29, 1.82) is 0 Å². The van der Waals surface area contributed by atoms with Gasteiger partial charge in [0.1, 0.15) is 5.82 Å². The maximum atomic E-state index is 13.5. The van der Waals surface area contributed by atoms with Crippen molar-refractivity contribution < 1.29 is 23.5 Å². The van der Waals surface area contributed by atoms with Crippen LogP contribution in [-0.2, 0) is 16.6 Å². The number of rotatable bonds is 7. The van der Waals surface area contributed by atoms with Gasteiger partial charge in [0.25, 0.3) is 17.7 Å². The van der Waals surface area contributed by atoms with Crippen molar-refractivity contribution in [3.05, 3.63) is 106 Å². The number of amides is 3. The van der Waals surface area contributed by atoms with Gasteiger partial charge in [0.15, 0.2) is 0 Å². The highest BCUT2D eigenvalue weighted by Crippen LogP contribution is 2.34. The normalized spacial score (nSPS) is 16.6. The number of ether oxygens (including phenoxy) is 1. The highest BCUT2D eigenvalue weighted by atomic mass is 19.1. The molecule has 7 heteroatoms. The molecule has 0 atom stereocenters. The van der Waals surface area contributed by atoms with Gasteiger partial charge in [-0.1, -0.05) is 42.5 Å². The molecule has 0 aromatic heterocycles. The molecule has 2 aliphatic heterocycles. The fraction of sp³-hybridized carbons (Fsp3) is 0.276. The van der Waals surface area contributed by atoms with Crippen LogP contribution < -0.4 is 5.32 Å². The Morgan fingerprint density at radius 3 is 2.33 bits per heavy atom. The van der Waals surface area contributed by atoms with Crippen LogP contribution in [0.25, 0.3) is 0 Å². The lowest BCUT2D eigenvalue weighted by molar-refractivity contribution is 0.0487. The van der Waals surface area contributed by atoms with Crippen molar-refractivity contribution >= 4 is 17.7 Å². The lowest BCUT2D eigenvalue weighted by Gasteiger charge is -2.38. The van der Waals surface area contributed by atoms with E-state index in [9.17, 15) is 18.8 Å². The molecule has 3 aromatic rings. The lowest BCUT2D eigenvalue weighted by atomic mass is 9.74. The Labute approximate surface area is 209 Å². The first-order valence-corrected chi connectivity index (χ1v) is 12.1. The second kappa shape index (κ2) is 10.0. The zero-order chi connectivity index (χ0) is 25.1. The predicted octanol–water partition coefficient (Wildman–Crippen LogP) is 4.14. The van der Waals surface area contributed by atoms with Gasteiger partial charge in [0, 0.05) is 37.3 Å². The molecule has 0 aliphatic carbocycles. The number of nitrogens with zero attached hydrogens (tertiary/aromatic N) is 1. The average molecular weight is 487 g/mol. The molecular weight excluding hydrogens is 459 g/mol. The van der Waals surface area contributed by atoms with E-state index < -0.39 is 0 Å². The van der Waals surface area contributed by atoms with E-state index in [4.69, 9.17) is 4.74 Å². The van der Waals surface area contributed by atoms with Gasteiger partial charge in [-0.25, -0.2) is 4.39 Å². The Bertz CT molecular complexity index is 1280. The number of hydrogen-bond acceptors (Lipinski definition) is 4. The summed E-state index contributed by atoms with van der Waals surface area (Å²) in [7, 11) is 0. The van der Waals surface area contributed by atoms with Crippen LogP contribution in [0.15, 0.2) is 72.8 Å². The average Bonchev–Trinajstić information content (AvgIpc) is 3.16. The molecule has 0 radical (unpaired) electrons. The van der Waals surface area contributed by atoms with Crippen LogP contribution in [0.5, 0.6) is 0 Å². The molecule has 3 aromatic carbocycles. The summed E-state index contributed by atoms with van der Waals surface area (Å²) >= 11 is 0. The summed E-state index contributed by atoms with van der Waals surface area (Å²) in [6.07, 6.45) is 1.97. The van der Waals surface area contributed by atoms with Crippen LogP contribution >= 0.6 is 0 Å². The molecule has 2 heterocycles. The minimum Gasteiger partial charge on any atom is -0.381 e. The maximum absolute atomic E-state index is 13.5. The topological polar surface area (TPSA) is 75.7 Å². The van der Waals surface area contributed by atoms with Crippen molar-refractivity contribution in [2.45, 2.75) is 24.7 Å². The zero-order valence-electron chi connectivity index (χ0n) is 19.8. The predicted molar refractivity (Wildman–Crippen MR) is 132 cm³/mol. The van der Waals surface area contributed by atoms with Gasteiger partial charge in [-0.2, -0.15) is 0 Å². The van der Waals surface area contributed by atoms with Gasteiger partial charge in [-0.05, 0) is 60.7 Å². The number of hydrogen-bond donors (Lipinski definition) is 1. The molecule has 0 saturated carbocycles. The highest BCUT2D eigenvalue weighted by Gasteiger charge is 2.37. The first-order chi connectivity index (χ1) is 17.5. The molecule has 0 spiro atoms. The van der Waals surface area contributed by atoms with Gasteiger partial charge in [0.05, 0.1) is 11.1 Å². The smallest absolute Gasteiger partial charge is 0.261 e. The fourth-order valence-electron chi connectivity index (χ4n) is 5.01. The van der Waals surface area contributed by atoms with E-state index in [0.29, 0.717) is 50.1 Å². The van der Waals surface area contributed by atoms with Crippen LogP contribution in [-0.4, -0.2) is 48.9 Å². The van der Waals surface area contributed by atoms with Crippen LogP contribution in [0.4, 0.5) is 4.39 Å². The molecule has 0 bridgehead atoms. The monoisotopic (exact) mass is 486 g/mol. The molecule has 3 amide bonds. The summed E-state index contributed by atoms with van der Waals surface area (Å²) < 4.78 is 19.0. The Morgan fingerprint density at radius 2 is 1.61 bits per heavy atom. The lowest BCUT2D eigenvalue weighted by Crippen LogP contribution is -2.44. The molecule has 1 fully saturated rings. The van der Waals surface area contributed by atoms with Gasteiger partial charge < -0.3 is 10.1 Å². The third-order valence-corrected chi connectivity index (χ3v) is 7.19. The van der Waals surface area contributed by atoms with E-state index in [0.717, 1.165) is 11.1 Å². The van der Waals surface area contributed by atoms with E-state index in [1.54, 1.807) is 24.3 Å². The van der Waals surface area contributed by atoms with Crippen LogP contribution in [0.3, 0.4) is 0 Å². The molecule has 36 heavy (non-hydrogen) atoms. The second-order valence-corrected chi connectivity index (χ2v) is 9.34. The van der Waals surface area contributed by atoms with Gasteiger partial charge >= 0.3 is 0 Å². The van der Waals surface area contributed by atoms with Crippen LogP contribution in [0.2, 0.25) is 0 Å². The zero-order valence-corrected chi connectivity index (χ0v) is 19.8. The molecule has 184 valence electrons. The Kier molecular flexibility index (Phi) is 6.65. The van der Waals surface area contributed by atoms with Crippen molar-refractivity contribution in [3.8, 4) is 0 Å². The van der Waals surface area contributed by atoms with E-state index in [1.165, 1.54) is 23.1 Å². The Hall–Kier alpha value is -3.84. The van der Waals surface area contributed by atoms with Gasteiger partial charge in [-0.3, -0.25) is 19.3 Å². The van der Waals surface area contributed by atoms with Crippen LogP contribution in [0.1, 0.15) is 55.0 Å². The number of nitrogens with one attached hydrogen (secondary N) is 1. The maximum Gasteiger partial charge on any atom is 0.261 e. The minimum absolute atomic E-state index is 0.250. The first kappa shape index (κ1) is 23.9. The van der Waals surface area contributed by atoms with Crippen molar-refractivity contribution in [2.24, 2.45) is 0 Å². The van der Waals surface area contributed by atoms with E-state index >= 15 is 0 Å². The minimum atomic E-state index is -0.382. The van der Waals surface area contributed by atoms with E-state index in [1.807, 2.05) is 30.3 Å². The number of halogens is 1. The summed E-state index contributed by atoms with van der Waals surface area (Å²) in [4.78, 5) is 40.2. The molecule has 1 saturated heterocycles. The largest absolute Gasteiger partial charge is 0.381 e. The standard InChI is InChI=1S/C29H27FN2O4/c30-23-9-7-22(8-10-23)29(13-16-36-17-14-29)19-31-26(33)21-6-11-24-25(18-21)28(35)32(27(24)34)15-12-20-4-2-1-3-5-20/h1-11,18H,12-17,19H2,(H,31,33). The fourth-order valence-corrected chi connectivity index (χ4v) is 5.01. The van der Waals surface area contributed by atoms with Crippen molar-refractivity contribution in [3.63, 3.8) is 0 Å². The van der Waals surface area contributed by atoms with Gasteiger partial charge in [-0.15, -0.1) is 0 Å². The van der Waals surface area contributed by atoms with Crippen molar-refractivity contribution in [2.75, 3.05) is 26.3 Å². The van der Waals surface area contributed by atoms with Crippen LogP contribution in [0, 0.1) is 5.82 Å². The number of benzene rings is 3. The molecule has 5 rings (SSSR count). The van der Waals surface area contributed by atoms with Gasteiger partial charge in [0.2, 0.25) is 0 Å². The van der Waals surface area contributed by atoms with E-state index in [2.05, 4.69) is 5.32 Å².